The van der Waals surface area contributed by atoms with Crippen molar-refractivity contribution in [3.05, 3.63) is 108 Å². The summed E-state index contributed by atoms with van der Waals surface area (Å²) in [6.07, 6.45) is -11.5. The van der Waals surface area contributed by atoms with Gasteiger partial charge in [0.15, 0.2) is 12.6 Å². The van der Waals surface area contributed by atoms with Gasteiger partial charge in [-0.25, -0.2) is 0 Å². The summed E-state index contributed by atoms with van der Waals surface area (Å²) in [6, 6.07) is 27.6. The Kier molecular flexibility index (Phi) is 12.8. The first-order valence-electron chi connectivity index (χ1n) is 15.6. The second kappa shape index (κ2) is 17.2. The number of carbonyl (C=O) groups excluding carboxylic acids is 1. The van der Waals surface area contributed by atoms with Gasteiger partial charge in [0.1, 0.15) is 48.8 Å². The Morgan fingerprint density at radius 1 is 0.681 bits per heavy atom. The molecule has 3 aromatic rings. The normalized spacial score (nSPS) is 30.9. The van der Waals surface area contributed by atoms with E-state index in [4.69, 9.17) is 28.4 Å². The maximum Gasteiger partial charge on any atom is 0.217 e. The zero-order chi connectivity index (χ0) is 33.2. The molecule has 3 aromatic carbocycles. The fraction of sp³-hybridized carbons (Fsp3) is 0.457. The fourth-order valence-electron chi connectivity index (χ4n) is 5.65. The Balaban J connectivity index is 1.46. The van der Waals surface area contributed by atoms with Crippen LogP contribution in [0.1, 0.15) is 23.6 Å². The molecule has 2 saturated heterocycles. The highest BCUT2D eigenvalue weighted by Gasteiger charge is 2.52. The second-order valence-electron chi connectivity index (χ2n) is 11.6. The first kappa shape index (κ1) is 35.0. The highest BCUT2D eigenvalue weighted by atomic mass is 16.7. The summed E-state index contributed by atoms with van der Waals surface area (Å²) in [5.41, 5.74) is 2.67. The van der Waals surface area contributed by atoms with Crippen LogP contribution in [0.4, 0.5) is 0 Å². The summed E-state index contributed by atoms with van der Waals surface area (Å²) in [5.74, 6) is -0.370. The van der Waals surface area contributed by atoms with Crippen molar-refractivity contribution in [1.29, 1.82) is 0 Å². The third-order valence-corrected chi connectivity index (χ3v) is 8.09. The van der Waals surface area contributed by atoms with Crippen LogP contribution in [-0.2, 0) is 53.0 Å². The zero-order valence-corrected chi connectivity index (χ0v) is 26.1. The summed E-state index contributed by atoms with van der Waals surface area (Å²) in [7, 11) is 0. The van der Waals surface area contributed by atoms with Gasteiger partial charge in [-0.15, -0.1) is 0 Å². The number of nitrogens with one attached hydrogen (secondary N) is 1. The summed E-state index contributed by atoms with van der Waals surface area (Å²) in [6.45, 7) is 1.27. The van der Waals surface area contributed by atoms with E-state index in [1.54, 1.807) is 0 Å². The Hall–Kier alpha value is -3.27. The molecule has 5 N–H and O–H groups in total. The molecule has 0 aliphatic carbocycles. The van der Waals surface area contributed by atoms with E-state index in [-0.39, 0.29) is 32.3 Å². The predicted molar refractivity (Wildman–Crippen MR) is 167 cm³/mol. The average Bonchev–Trinajstić information content (AvgIpc) is 3.09. The van der Waals surface area contributed by atoms with Crippen LogP contribution in [0.2, 0.25) is 0 Å². The molecular formula is C35H43NO11. The number of benzene rings is 3. The van der Waals surface area contributed by atoms with Crippen molar-refractivity contribution in [2.45, 2.75) is 88.1 Å². The van der Waals surface area contributed by atoms with Gasteiger partial charge in [-0.3, -0.25) is 4.79 Å². The number of amides is 1. The SMILES string of the molecule is CC(=O)N[C@H]1[C@@H](OCc2ccccc2)O[C@H](COCc2ccccc2)[C@@H](O[C@@H]2O[C@@H](CO)[C@@H](O)[C@H](O)[C@H]2O)[C@@H]1OCc1ccccc1. The van der Waals surface area contributed by atoms with Crippen LogP contribution < -0.4 is 5.32 Å². The van der Waals surface area contributed by atoms with E-state index in [9.17, 15) is 25.2 Å². The van der Waals surface area contributed by atoms with E-state index >= 15 is 0 Å². The van der Waals surface area contributed by atoms with Gasteiger partial charge in [-0.1, -0.05) is 91.0 Å². The minimum absolute atomic E-state index is 0.0137. The molecule has 0 spiro atoms. The van der Waals surface area contributed by atoms with Gasteiger partial charge in [-0.05, 0) is 16.7 Å². The molecule has 1 amide bonds. The summed E-state index contributed by atoms with van der Waals surface area (Å²) >= 11 is 0. The summed E-state index contributed by atoms with van der Waals surface area (Å²) in [4.78, 5) is 12.6. The Morgan fingerprint density at radius 3 is 1.77 bits per heavy atom. The van der Waals surface area contributed by atoms with Crippen molar-refractivity contribution >= 4 is 5.91 Å². The largest absolute Gasteiger partial charge is 0.394 e. The van der Waals surface area contributed by atoms with Gasteiger partial charge in [0.2, 0.25) is 5.91 Å². The molecule has 12 heteroatoms. The molecule has 0 bridgehead atoms. The molecule has 2 aliphatic heterocycles. The number of aliphatic hydroxyl groups is 4. The molecular weight excluding hydrogens is 610 g/mol. The zero-order valence-electron chi connectivity index (χ0n) is 26.1. The first-order chi connectivity index (χ1) is 22.8. The maximum absolute atomic E-state index is 12.6. The van der Waals surface area contributed by atoms with Gasteiger partial charge < -0.3 is 54.2 Å². The van der Waals surface area contributed by atoms with Crippen LogP contribution in [0.5, 0.6) is 0 Å². The first-order valence-corrected chi connectivity index (χ1v) is 15.6. The van der Waals surface area contributed by atoms with E-state index in [1.807, 2.05) is 91.0 Å². The minimum Gasteiger partial charge on any atom is -0.394 e. The van der Waals surface area contributed by atoms with E-state index in [0.29, 0.717) is 0 Å². The number of ether oxygens (including phenoxy) is 6. The van der Waals surface area contributed by atoms with Crippen molar-refractivity contribution in [1.82, 2.24) is 5.32 Å². The maximum atomic E-state index is 12.6. The minimum atomic E-state index is -1.68. The number of rotatable bonds is 14. The third-order valence-electron chi connectivity index (χ3n) is 8.09. The van der Waals surface area contributed by atoms with Gasteiger partial charge in [0.25, 0.3) is 0 Å². The summed E-state index contributed by atoms with van der Waals surface area (Å²) < 4.78 is 37.4. The smallest absolute Gasteiger partial charge is 0.217 e. The lowest BCUT2D eigenvalue weighted by Crippen LogP contribution is -2.68. The molecule has 0 aromatic heterocycles. The lowest BCUT2D eigenvalue weighted by atomic mass is 9.95. The Bertz CT molecular complexity index is 1350. The fourth-order valence-corrected chi connectivity index (χ4v) is 5.65. The average molecular weight is 654 g/mol. The van der Waals surface area contributed by atoms with E-state index in [2.05, 4.69) is 5.32 Å². The number of carbonyl (C=O) groups is 1. The molecule has 2 heterocycles. The van der Waals surface area contributed by atoms with Crippen molar-refractivity contribution < 1.29 is 53.6 Å². The molecule has 2 fully saturated rings. The van der Waals surface area contributed by atoms with Gasteiger partial charge in [0.05, 0.1) is 33.0 Å². The van der Waals surface area contributed by atoms with Crippen molar-refractivity contribution in [2.75, 3.05) is 13.2 Å². The van der Waals surface area contributed by atoms with Crippen molar-refractivity contribution in [2.24, 2.45) is 0 Å². The Labute approximate surface area is 273 Å². The van der Waals surface area contributed by atoms with E-state index < -0.39 is 68.0 Å². The van der Waals surface area contributed by atoms with E-state index in [0.717, 1.165) is 16.7 Å². The van der Waals surface area contributed by atoms with Crippen LogP contribution in [0.3, 0.4) is 0 Å². The van der Waals surface area contributed by atoms with Crippen LogP contribution in [0.15, 0.2) is 91.0 Å². The molecule has 0 saturated carbocycles. The molecule has 5 rings (SSSR count). The van der Waals surface area contributed by atoms with Crippen LogP contribution in [0.25, 0.3) is 0 Å². The molecule has 2 aliphatic rings. The monoisotopic (exact) mass is 653 g/mol. The molecule has 0 unspecified atom stereocenters. The van der Waals surface area contributed by atoms with Gasteiger partial charge >= 0.3 is 0 Å². The summed E-state index contributed by atoms with van der Waals surface area (Å²) in [5, 5.41) is 44.4. The van der Waals surface area contributed by atoms with Gasteiger partial charge in [-0.2, -0.15) is 0 Å². The van der Waals surface area contributed by atoms with Crippen LogP contribution in [0, 0.1) is 0 Å². The quantitative estimate of drug-likeness (QED) is 0.171. The molecule has 10 atom stereocenters. The molecule has 12 nitrogen and oxygen atoms in total. The lowest BCUT2D eigenvalue weighted by molar-refractivity contribution is -0.353. The Morgan fingerprint density at radius 2 is 1.21 bits per heavy atom. The highest BCUT2D eigenvalue weighted by Crippen LogP contribution is 2.32. The lowest BCUT2D eigenvalue weighted by Gasteiger charge is -2.48. The topological polar surface area (TPSA) is 165 Å². The van der Waals surface area contributed by atoms with E-state index in [1.165, 1.54) is 6.92 Å². The molecule has 47 heavy (non-hydrogen) atoms. The second-order valence-corrected chi connectivity index (χ2v) is 11.6. The molecule has 0 radical (unpaired) electrons. The van der Waals surface area contributed by atoms with Crippen molar-refractivity contribution in [3.63, 3.8) is 0 Å². The number of aliphatic hydroxyl groups excluding tert-OH is 4. The highest BCUT2D eigenvalue weighted by molar-refractivity contribution is 5.73. The molecule has 254 valence electrons. The van der Waals surface area contributed by atoms with Crippen LogP contribution in [-0.4, -0.2) is 101 Å². The van der Waals surface area contributed by atoms with Gasteiger partial charge in [0, 0.05) is 6.92 Å². The predicted octanol–water partition coefficient (Wildman–Crippen LogP) is 1.42. The third kappa shape index (κ3) is 9.42. The number of hydrogen-bond donors (Lipinski definition) is 5. The van der Waals surface area contributed by atoms with Crippen molar-refractivity contribution in [3.8, 4) is 0 Å². The number of hydrogen-bond acceptors (Lipinski definition) is 11. The van der Waals surface area contributed by atoms with Crippen LogP contribution >= 0.6 is 0 Å². The standard InChI is InChI=1S/C35H43NO11/c1-22(38)36-28-33(43-19-24-13-7-3-8-14-24)32(47-35-31(41)30(40)29(39)26(17-37)45-35)27(21-42-18-23-11-5-2-6-12-23)46-34(28)44-20-25-15-9-4-10-16-25/h2-16,26-35,37,39-41H,17-21H2,1H3,(H,36,38)/t26-,27+,28+,29+,30-,31+,32+,33+,34-,35-/m0/s1.